The smallest absolute Gasteiger partial charge is 0.259 e. The Morgan fingerprint density at radius 1 is 1.12 bits per heavy atom. The topological polar surface area (TPSA) is 157 Å². The standard InChI is InChI=1S/C36H45N5O7S2/c1-4-5-6-7-8-9-10-11-31(42)41-22-24(20-28(41)33(43)39-36(16-17-36)35(44)40-50(45,46)25-12-13-25)48-30-21-27(34-37-18-19-49-34)38-32-23(2)29(47-3)15-14-26(30)32/h4-5,14-15,18-19,21,24-25,28H,6-13,16-17,20,22H2,1-3H3,(H,39,43)(H,40,44)/b5-4-/t24-,28+/m1/s1. The first-order valence-electron chi connectivity index (χ1n) is 17.4. The fourth-order valence-corrected chi connectivity index (χ4v) is 8.46. The number of nitrogens with zero attached hydrogens (tertiary/aromatic N) is 3. The number of unbranched alkanes of at least 4 members (excludes halogenated alkanes) is 4. The number of ether oxygens (including phenoxy) is 2. The van der Waals surface area contributed by atoms with Crippen LogP contribution in [0.1, 0.15) is 83.1 Å². The van der Waals surface area contributed by atoms with E-state index in [-0.39, 0.29) is 25.3 Å². The first-order valence-corrected chi connectivity index (χ1v) is 19.8. The number of fused-ring (bicyclic) bond motifs is 1. The zero-order chi connectivity index (χ0) is 35.5. The van der Waals surface area contributed by atoms with Crippen LogP contribution in [-0.4, -0.2) is 77.6 Å². The number of sulfonamides is 1. The summed E-state index contributed by atoms with van der Waals surface area (Å²) < 4.78 is 39.4. The van der Waals surface area contributed by atoms with Gasteiger partial charge in [-0.1, -0.05) is 25.0 Å². The molecule has 14 heteroatoms. The summed E-state index contributed by atoms with van der Waals surface area (Å²) in [5.74, 6) is -0.127. The molecule has 0 unspecified atom stereocenters. The van der Waals surface area contributed by atoms with Gasteiger partial charge in [0.1, 0.15) is 39.9 Å². The minimum Gasteiger partial charge on any atom is -0.496 e. The Labute approximate surface area is 297 Å². The van der Waals surface area contributed by atoms with E-state index < -0.39 is 44.8 Å². The lowest BCUT2D eigenvalue weighted by Crippen LogP contribution is -2.55. The maximum Gasteiger partial charge on any atom is 0.259 e. The molecule has 3 fully saturated rings. The number of hydrogen-bond acceptors (Lipinski definition) is 10. The number of aryl methyl sites for hydroxylation is 1. The zero-order valence-corrected chi connectivity index (χ0v) is 30.4. The van der Waals surface area contributed by atoms with E-state index in [0.717, 1.165) is 41.6 Å². The summed E-state index contributed by atoms with van der Waals surface area (Å²) in [6.45, 7) is 4.11. The third-order valence-electron chi connectivity index (χ3n) is 9.69. The number of benzene rings is 1. The molecule has 1 aliphatic heterocycles. The number of rotatable bonds is 16. The molecule has 3 aliphatic rings. The van der Waals surface area contributed by atoms with E-state index >= 15 is 0 Å². The molecule has 2 N–H and O–H groups in total. The maximum absolute atomic E-state index is 13.9. The number of carbonyl (C=O) groups excluding carboxylic acids is 3. The van der Waals surface area contributed by atoms with E-state index in [1.807, 2.05) is 43.5 Å². The van der Waals surface area contributed by atoms with Gasteiger partial charge in [-0.15, -0.1) is 11.3 Å². The molecular formula is C36H45N5O7S2. The normalized spacial score (nSPS) is 19.9. The Hall–Kier alpha value is -4.04. The fourth-order valence-electron chi connectivity index (χ4n) is 6.49. The molecule has 2 aliphatic carbocycles. The summed E-state index contributed by atoms with van der Waals surface area (Å²) >= 11 is 1.46. The summed E-state index contributed by atoms with van der Waals surface area (Å²) in [5.41, 5.74) is 0.872. The van der Waals surface area contributed by atoms with Crippen molar-refractivity contribution in [3.8, 4) is 22.2 Å². The SMILES string of the molecule is C/C=C\CCCCCCC(=O)N1C[C@H](Oc2cc(-c3nccs3)nc3c(C)c(OC)ccc23)C[C@H]1C(=O)NC1(C(=O)NS(=O)(=O)C2CC2)CC1. The molecule has 50 heavy (non-hydrogen) atoms. The number of nitrogens with one attached hydrogen (secondary N) is 2. The maximum atomic E-state index is 13.9. The van der Waals surface area contributed by atoms with Crippen molar-refractivity contribution in [3.63, 3.8) is 0 Å². The molecule has 2 saturated carbocycles. The number of hydrogen-bond donors (Lipinski definition) is 2. The Bertz CT molecular complexity index is 1870. The third-order valence-corrected chi connectivity index (χ3v) is 12.3. The predicted molar refractivity (Wildman–Crippen MR) is 191 cm³/mol. The first kappa shape index (κ1) is 35.8. The van der Waals surface area contributed by atoms with Crippen molar-refractivity contribution in [2.75, 3.05) is 13.7 Å². The van der Waals surface area contributed by atoms with Crippen LogP contribution < -0.4 is 19.5 Å². The Balaban J connectivity index is 1.22. The number of amides is 3. The van der Waals surface area contributed by atoms with Crippen molar-refractivity contribution < 1.29 is 32.3 Å². The molecule has 3 amide bonds. The number of pyridine rings is 1. The van der Waals surface area contributed by atoms with Crippen LogP contribution in [0.25, 0.3) is 21.6 Å². The predicted octanol–water partition coefficient (Wildman–Crippen LogP) is 5.20. The average Bonchev–Trinajstić information content (AvgIpc) is 4.00. The summed E-state index contributed by atoms with van der Waals surface area (Å²) in [4.78, 5) is 51.6. The van der Waals surface area contributed by atoms with Gasteiger partial charge in [-0.25, -0.2) is 18.4 Å². The third kappa shape index (κ3) is 7.96. The molecule has 0 radical (unpaired) electrons. The van der Waals surface area contributed by atoms with E-state index in [4.69, 9.17) is 14.5 Å². The van der Waals surface area contributed by atoms with Gasteiger partial charge in [0.2, 0.25) is 21.8 Å². The second-order valence-electron chi connectivity index (χ2n) is 13.4. The van der Waals surface area contributed by atoms with Crippen molar-refractivity contribution in [1.29, 1.82) is 0 Å². The van der Waals surface area contributed by atoms with E-state index in [1.54, 1.807) is 18.2 Å². The minimum atomic E-state index is -3.77. The first-order chi connectivity index (χ1) is 24.0. The molecule has 0 bridgehead atoms. The second-order valence-corrected chi connectivity index (χ2v) is 16.3. The van der Waals surface area contributed by atoms with Gasteiger partial charge in [0, 0.05) is 41.4 Å². The summed E-state index contributed by atoms with van der Waals surface area (Å²) in [6.07, 6.45) is 12.2. The van der Waals surface area contributed by atoms with Crippen LogP contribution in [-0.2, 0) is 24.4 Å². The summed E-state index contributed by atoms with van der Waals surface area (Å²) in [7, 11) is -2.17. The molecule has 0 spiro atoms. The molecule has 3 heterocycles. The fraction of sp³-hybridized carbons (Fsp3) is 0.528. The summed E-state index contributed by atoms with van der Waals surface area (Å²) in [6, 6.07) is 4.70. The van der Waals surface area contributed by atoms with Crippen molar-refractivity contribution >= 4 is 50.0 Å². The van der Waals surface area contributed by atoms with E-state index in [9.17, 15) is 22.8 Å². The minimum absolute atomic E-state index is 0.154. The molecule has 3 aromatic rings. The van der Waals surface area contributed by atoms with Crippen LogP contribution in [0.5, 0.6) is 11.5 Å². The van der Waals surface area contributed by atoms with Crippen molar-refractivity contribution in [3.05, 3.63) is 47.5 Å². The lowest BCUT2D eigenvalue weighted by atomic mass is 10.1. The molecule has 268 valence electrons. The highest BCUT2D eigenvalue weighted by molar-refractivity contribution is 7.91. The van der Waals surface area contributed by atoms with Crippen LogP contribution in [0.3, 0.4) is 0 Å². The molecule has 2 aromatic heterocycles. The quantitative estimate of drug-likeness (QED) is 0.150. The van der Waals surface area contributed by atoms with Crippen molar-refractivity contribution in [2.24, 2.45) is 0 Å². The average molecular weight is 724 g/mol. The van der Waals surface area contributed by atoms with Gasteiger partial charge >= 0.3 is 0 Å². The molecule has 1 aromatic carbocycles. The van der Waals surface area contributed by atoms with Gasteiger partial charge in [0.25, 0.3) is 5.91 Å². The van der Waals surface area contributed by atoms with Crippen LogP contribution in [0, 0.1) is 6.92 Å². The highest BCUT2D eigenvalue weighted by Crippen LogP contribution is 2.39. The highest BCUT2D eigenvalue weighted by atomic mass is 32.2. The molecule has 1 saturated heterocycles. The molecular weight excluding hydrogens is 679 g/mol. The van der Waals surface area contributed by atoms with E-state index in [2.05, 4.69) is 21.1 Å². The number of likely N-dealkylation sites (tertiary alicyclic amines) is 1. The van der Waals surface area contributed by atoms with E-state index in [0.29, 0.717) is 54.8 Å². The molecule has 12 nitrogen and oxygen atoms in total. The zero-order valence-electron chi connectivity index (χ0n) is 28.8. The van der Waals surface area contributed by atoms with Gasteiger partial charge < -0.3 is 19.7 Å². The number of thiazole rings is 1. The van der Waals surface area contributed by atoms with Gasteiger partial charge in [-0.05, 0) is 70.9 Å². The van der Waals surface area contributed by atoms with Crippen LogP contribution in [0.15, 0.2) is 41.9 Å². The highest BCUT2D eigenvalue weighted by Gasteiger charge is 2.55. The number of allylic oxidation sites excluding steroid dienone is 2. The van der Waals surface area contributed by atoms with Crippen molar-refractivity contribution in [2.45, 2.75) is 107 Å². The number of aromatic nitrogens is 2. The van der Waals surface area contributed by atoms with Gasteiger partial charge in [0.05, 0.1) is 24.4 Å². The van der Waals surface area contributed by atoms with Crippen LogP contribution in [0.2, 0.25) is 0 Å². The molecule has 2 atom stereocenters. The summed E-state index contributed by atoms with van der Waals surface area (Å²) in [5, 5.41) is 5.63. The second kappa shape index (κ2) is 15.1. The lowest BCUT2D eigenvalue weighted by Gasteiger charge is -2.26. The van der Waals surface area contributed by atoms with Crippen LogP contribution >= 0.6 is 11.3 Å². The lowest BCUT2D eigenvalue weighted by molar-refractivity contribution is -0.139. The van der Waals surface area contributed by atoms with Gasteiger partial charge in [0.15, 0.2) is 0 Å². The Morgan fingerprint density at radius 3 is 2.58 bits per heavy atom. The Morgan fingerprint density at radius 2 is 1.90 bits per heavy atom. The van der Waals surface area contributed by atoms with Gasteiger partial charge in [-0.3, -0.25) is 19.1 Å². The monoisotopic (exact) mass is 723 g/mol. The van der Waals surface area contributed by atoms with E-state index in [1.165, 1.54) is 11.3 Å². The van der Waals surface area contributed by atoms with Gasteiger partial charge in [-0.2, -0.15) is 0 Å². The van der Waals surface area contributed by atoms with Crippen LogP contribution in [0.4, 0.5) is 0 Å². The number of methoxy groups -OCH3 is 1. The van der Waals surface area contributed by atoms with Crippen molar-refractivity contribution in [1.82, 2.24) is 24.9 Å². The Kier molecular flexibility index (Phi) is 10.8. The molecule has 6 rings (SSSR count). The number of carbonyl (C=O) groups is 3. The largest absolute Gasteiger partial charge is 0.496 e.